The van der Waals surface area contributed by atoms with Crippen LogP contribution in [0.4, 0.5) is 0 Å². The molecule has 92 valence electrons. The van der Waals surface area contributed by atoms with E-state index in [0.717, 1.165) is 6.42 Å². The minimum atomic E-state index is 0.494. The molecule has 0 amide bonds. The zero-order valence-corrected chi connectivity index (χ0v) is 10.6. The summed E-state index contributed by atoms with van der Waals surface area (Å²) in [6.07, 6.45) is 16.1. The molecule has 0 spiro atoms. The van der Waals surface area contributed by atoms with Crippen LogP contribution >= 0.6 is 0 Å². The van der Waals surface area contributed by atoms with Crippen molar-refractivity contribution in [3.8, 4) is 0 Å². The van der Waals surface area contributed by atoms with Crippen LogP contribution in [0.1, 0.15) is 64.7 Å². The van der Waals surface area contributed by atoms with Gasteiger partial charge in [0.25, 0.3) is 0 Å². The average Bonchev–Trinajstić information content (AvgIpc) is 2.31. The summed E-state index contributed by atoms with van der Waals surface area (Å²) in [4.78, 5) is 2.69. The van der Waals surface area contributed by atoms with Crippen LogP contribution in [0.5, 0.6) is 0 Å². The fourth-order valence-electron chi connectivity index (χ4n) is 1.67. The third kappa shape index (κ3) is 13.1. The normalized spacial score (nSPS) is 10.6. The first-order valence-electron chi connectivity index (χ1n) is 6.57. The van der Waals surface area contributed by atoms with Gasteiger partial charge in [-0.1, -0.05) is 69.1 Å². The molecule has 0 aromatic rings. The van der Waals surface area contributed by atoms with E-state index in [4.69, 9.17) is 5.53 Å². The van der Waals surface area contributed by atoms with Gasteiger partial charge in [0, 0.05) is 11.5 Å². The van der Waals surface area contributed by atoms with Crippen molar-refractivity contribution in [2.75, 3.05) is 6.54 Å². The van der Waals surface area contributed by atoms with Crippen molar-refractivity contribution < 1.29 is 0 Å². The summed E-state index contributed by atoms with van der Waals surface area (Å²) in [6.45, 7) is 2.75. The predicted octanol–water partition coefficient (Wildman–Crippen LogP) is 5.38. The van der Waals surface area contributed by atoms with Crippen LogP contribution in [-0.2, 0) is 0 Å². The second-order valence-corrected chi connectivity index (χ2v) is 4.15. The van der Waals surface area contributed by atoms with Gasteiger partial charge in [-0.05, 0) is 18.4 Å². The molecule has 3 heteroatoms. The Morgan fingerprint density at radius 3 is 2.19 bits per heavy atom. The maximum Gasteiger partial charge on any atom is 0.0440 e. The van der Waals surface area contributed by atoms with Crippen molar-refractivity contribution in [2.24, 2.45) is 5.11 Å². The van der Waals surface area contributed by atoms with Gasteiger partial charge in [0.15, 0.2) is 0 Å². The minimum Gasteiger partial charge on any atom is -0.0899 e. The Kier molecular flexibility index (Phi) is 13.2. The summed E-state index contributed by atoms with van der Waals surface area (Å²) in [5.41, 5.74) is 8.05. The van der Waals surface area contributed by atoms with Crippen LogP contribution < -0.4 is 0 Å². The van der Waals surface area contributed by atoms with Gasteiger partial charge < -0.3 is 0 Å². The Labute approximate surface area is 99.6 Å². The van der Waals surface area contributed by atoms with Crippen LogP contribution in [0.3, 0.4) is 0 Å². The fourth-order valence-corrected chi connectivity index (χ4v) is 1.67. The maximum atomic E-state index is 8.05. The van der Waals surface area contributed by atoms with Crippen molar-refractivity contribution in [2.45, 2.75) is 64.7 Å². The summed E-state index contributed by atoms with van der Waals surface area (Å²) in [5.74, 6) is 0. The van der Waals surface area contributed by atoms with Crippen LogP contribution in [0.15, 0.2) is 17.3 Å². The SMILES string of the molecule is CCCCCCCCCCC=CCN=[N+]=[N-]. The fraction of sp³-hybridized carbons (Fsp3) is 0.846. The summed E-state index contributed by atoms with van der Waals surface area (Å²) >= 11 is 0. The maximum absolute atomic E-state index is 8.05. The van der Waals surface area contributed by atoms with E-state index in [9.17, 15) is 0 Å². The zero-order chi connectivity index (χ0) is 11.9. The highest BCUT2D eigenvalue weighted by molar-refractivity contribution is 4.83. The molecule has 0 fully saturated rings. The molecule has 0 radical (unpaired) electrons. The van der Waals surface area contributed by atoms with Gasteiger partial charge in [-0.25, -0.2) is 0 Å². The molecule has 0 heterocycles. The summed E-state index contributed by atoms with van der Waals surface area (Å²) in [5, 5.41) is 3.44. The molecule has 0 saturated heterocycles. The van der Waals surface area contributed by atoms with Crippen molar-refractivity contribution in [1.82, 2.24) is 0 Å². The number of nitrogens with zero attached hydrogens (tertiary/aromatic N) is 3. The van der Waals surface area contributed by atoms with Gasteiger partial charge in [-0.3, -0.25) is 0 Å². The first-order valence-corrected chi connectivity index (χ1v) is 6.57. The van der Waals surface area contributed by atoms with E-state index >= 15 is 0 Å². The van der Waals surface area contributed by atoms with Gasteiger partial charge in [-0.2, -0.15) is 0 Å². The number of unbranched alkanes of at least 4 members (excludes halogenated alkanes) is 8. The van der Waals surface area contributed by atoms with Crippen LogP contribution in [0.25, 0.3) is 10.4 Å². The lowest BCUT2D eigenvalue weighted by atomic mass is 10.1. The molecule has 0 N–H and O–H groups in total. The van der Waals surface area contributed by atoms with Crippen LogP contribution in [0, 0.1) is 0 Å². The molecule has 0 unspecified atom stereocenters. The van der Waals surface area contributed by atoms with Crippen molar-refractivity contribution in [3.63, 3.8) is 0 Å². The van der Waals surface area contributed by atoms with Crippen LogP contribution in [-0.4, -0.2) is 6.54 Å². The average molecular weight is 223 g/mol. The number of hydrogen-bond acceptors (Lipinski definition) is 1. The largest absolute Gasteiger partial charge is 0.0899 e. The monoisotopic (exact) mass is 223 g/mol. The number of hydrogen-bond donors (Lipinski definition) is 0. The van der Waals surface area contributed by atoms with Gasteiger partial charge in [0.2, 0.25) is 0 Å². The standard InChI is InChI=1S/C13H25N3/c1-2-3-4-5-6-7-8-9-10-11-12-13-15-16-14/h11-12H,2-10,13H2,1H3. The third-order valence-electron chi connectivity index (χ3n) is 2.64. The summed E-state index contributed by atoms with van der Waals surface area (Å²) in [6, 6.07) is 0. The molecule has 0 rings (SSSR count). The molecular formula is C13H25N3. The van der Waals surface area contributed by atoms with E-state index < -0.39 is 0 Å². The molecule has 16 heavy (non-hydrogen) atoms. The van der Waals surface area contributed by atoms with Crippen molar-refractivity contribution in [3.05, 3.63) is 22.6 Å². The minimum absolute atomic E-state index is 0.494. The van der Waals surface area contributed by atoms with E-state index in [-0.39, 0.29) is 0 Å². The van der Waals surface area contributed by atoms with E-state index in [1.807, 2.05) is 6.08 Å². The van der Waals surface area contributed by atoms with Crippen LogP contribution in [0.2, 0.25) is 0 Å². The second kappa shape index (κ2) is 14.1. The molecule has 0 aliphatic rings. The second-order valence-electron chi connectivity index (χ2n) is 4.15. The first kappa shape index (κ1) is 15.0. The predicted molar refractivity (Wildman–Crippen MR) is 70.4 cm³/mol. The highest BCUT2D eigenvalue weighted by Crippen LogP contribution is 2.09. The Bertz CT molecular complexity index is 205. The van der Waals surface area contributed by atoms with E-state index in [2.05, 4.69) is 23.0 Å². The third-order valence-corrected chi connectivity index (χ3v) is 2.64. The molecule has 0 bridgehead atoms. The molecule has 0 aliphatic carbocycles. The van der Waals surface area contributed by atoms with E-state index in [1.54, 1.807) is 0 Å². The topological polar surface area (TPSA) is 48.8 Å². The lowest BCUT2D eigenvalue weighted by Gasteiger charge is -1.99. The molecule has 0 aromatic heterocycles. The molecule has 0 aromatic carbocycles. The molecule has 0 atom stereocenters. The first-order chi connectivity index (χ1) is 7.91. The van der Waals surface area contributed by atoms with Gasteiger partial charge >= 0.3 is 0 Å². The Hall–Kier alpha value is -0.950. The number of azide groups is 1. The summed E-state index contributed by atoms with van der Waals surface area (Å²) in [7, 11) is 0. The highest BCUT2D eigenvalue weighted by atomic mass is 15.1. The van der Waals surface area contributed by atoms with Gasteiger partial charge in [0.1, 0.15) is 0 Å². The summed E-state index contributed by atoms with van der Waals surface area (Å²) < 4.78 is 0. The quantitative estimate of drug-likeness (QED) is 0.148. The zero-order valence-electron chi connectivity index (χ0n) is 10.6. The van der Waals surface area contributed by atoms with E-state index in [0.29, 0.717) is 6.54 Å². The molecule has 0 aliphatic heterocycles. The van der Waals surface area contributed by atoms with Gasteiger partial charge in [-0.15, -0.1) is 0 Å². The van der Waals surface area contributed by atoms with Gasteiger partial charge in [0.05, 0.1) is 0 Å². The van der Waals surface area contributed by atoms with Crippen molar-refractivity contribution in [1.29, 1.82) is 0 Å². The number of allylic oxidation sites excluding steroid dienone is 1. The Morgan fingerprint density at radius 1 is 0.938 bits per heavy atom. The Morgan fingerprint density at radius 2 is 1.56 bits per heavy atom. The smallest absolute Gasteiger partial charge is 0.0440 e. The van der Waals surface area contributed by atoms with E-state index in [1.165, 1.54) is 51.4 Å². The lowest BCUT2D eigenvalue weighted by molar-refractivity contribution is 0.577. The lowest BCUT2D eigenvalue weighted by Crippen LogP contribution is -1.80. The highest BCUT2D eigenvalue weighted by Gasteiger charge is 1.89. The molecule has 3 nitrogen and oxygen atoms in total. The molecular weight excluding hydrogens is 198 g/mol. The number of rotatable bonds is 11. The molecule has 0 saturated carbocycles. The van der Waals surface area contributed by atoms with Crippen molar-refractivity contribution >= 4 is 0 Å². The Balaban J connectivity index is 3.03.